The second-order valence-electron chi connectivity index (χ2n) is 5.21. The summed E-state index contributed by atoms with van der Waals surface area (Å²) in [5.74, 6) is 0. The largest absolute Gasteiger partial charge is 0.396 e. The molecular weight excluding hydrogens is 308 g/mol. The van der Waals surface area contributed by atoms with Gasteiger partial charge in [0, 0.05) is 25.3 Å². The summed E-state index contributed by atoms with van der Waals surface area (Å²) in [6, 6.07) is 0.647. The van der Waals surface area contributed by atoms with Crippen molar-refractivity contribution < 1.29 is 4.74 Å². The lowest BCUT2D eigenvalue weighted by Crippen LogP contribution is -2.48. The Balaban J connectivity index is 1.58. The minimum atomic E-state index is 0.230. The maximum atomic E-state index is 5.92. The van der Waals surface area contributed by atoms with Gasteiger partial charge in [-0.1, -0.05) is 0 Å². The molecule has 3 N–H and O–H groups in total. The van der Waals surface area contributed by atoms with Crippen LogP contribution in [0.4, 0.5) is 11.4 Å². The highest BCUT2D eigenvalue weighted by Crippen LogP contribution is 2.28. The standard InChI is InChI=1S/C13H19BrN4O/c14-11-5-16-6-12(15)13(11)17-4-10-7-18-3-1-2-9(18)8-19-10/h5-6,9-10H,1-4,7-8,15H2,(H,16,17). The van der Waals surface area contributed by atoms with Gasteiger partial charge in [-0.25, -0.2) is 0 Å². The summed E-state index contributed by atoms with van der Waals surface area (Å²) in [6.45, 7) is 3.86. The molecule has 1 aromatic rings. The molecule has 0 aromatic carbocycles. The zero-order valence-corrected chi connectivity index (χ0v) is 12.4. The third-order valence-electron chi connectivity index (χ3n) is 3.90. The molecule has 2 aliphatic rings. The van der Waals surface area contributed by atoms with E-state index in [2.05, 4.69) is 31.1 Å². The third kappa shape index (κ3) is 2.85. The van der Waals surface area contributed by atoms with Gasteiger partial charge in [-0.05, 0) is 35.3 Å². The normalized spacial score (nSPS) is 27.2. The van der Waals surface area contributed by atoms with Crippen LogP contribution in [0.2, 0.25) is 0 Å². The third-order valence-corrected chi connectivity index (χ3v) is 4.50. The number of aromatic nitrogens is 1. The van der Waals surface area contributed by atoms with Crippen molar-refractivity contribution in [2.24, 2.45) is 0 Å². The number of pyridine rings is 1. The van der Waals surface area contributed by atoms with Crippen LogP contribution in [0.15, 0.2) is 16.9 Å². The number of fused-ring (bicyclic) bond motifs is 1. The number of hydrogen-bond donors (Lipinski definition) is 2. The van der Waals surface area contributed by atoms with Crippen LogP contribution in [-0.4, -0.2) is 48.3 Å². The van der Waals surface area contributed by atoms with Crippen LogP contribution in [0, 0.1) is 0 Å². The lowest BCUT2D eigenvalue weighted by molar-refractivity contribution is -0.0415. The fraction of sp³-hybridized carbons (Fsp3) is 0.615. The Bertz CT molecular complexity index is 436. The fourth-order valence-electron chi connectivity index (χ4n) is 2.86. The van der Waals surface area contributed by atoms with E-state index < -0.39 is 0 Å². The quantitative estimate of drug-likeness (QED) is 0.885. The molecule has 2 aliphatic heterocycles. The number of halogens is 1. The smallest absolute Gasteiger partial charge is 0.0874 e. The first-order chi connectivity index (χ1) is 9.24. The molecule has 5 nitrogen and oxygen atoms in total. The molecule has 1 aromatic heterocycles. The van der Waals surface area contributed by atoms with Gasteiger partial charge < -0.3 is 15.8 Å². The number of ether oxygens (including phenoxy) is 1. The van der Waals surface area contributed by atoms with E-state index in [-0.39, 0.29) is 6.10 Å². The maximum absolute atomic E-state index is 5.92. The van der Waals surface area contributed by atoms with Gasteiger partial charge in [-0.3, -0.25) is 9.88 Å². The Kier molecular flexibility index (Phi) is 3.91. The number of nitrogens with zero attached hydrogens (tertiary/aromatic N) is 2. The van der Waals surface area contributed by atoms with Crippen molar-refractivity contribution in [3.63, 3.8) is 0 Å². The van der Waals surface area contributed by atoms with Crippen LogP contribution >= 0.6 is 15.9 Å². The highest BCUT2D eigenvalue weighted by molar-refractivity contribution is 9.10. The number of nitrogen functional groups attached to an aromatic ring is 1. The molecule has 6 heteroatoms. The molecule has 0 spiro atoms. The molecule has 0 radical (unpaired) electrons. The van der Waals surface area contributed by atoms with Gasteiger partial charge in [-0.2, -0.15) is 0 Å². The number of hydrogen-bond acceptors (Lipinski definition) is 5. The lowest BCUT2D eigenvalue weighted by atomic mass is 10.2. The number of nitrogens with one attached hydrogen (secondary N) is 1. The van der Waals surface area contributed by atoms with E-state index >= 15 is 0 Å². The Morgan fingerprint density at radius 2 is 2.42 bits per heavy atom. The van der Waals surface area contributed by atoms with Crippen molar-refractivity contribution in [1.29, 1.82) is 0 Å². The summed E-state index contributed by atoms with van der Waals surface area (Å²) in [5.41, 5.74) is 7.48. The fourth-order valence-corrected chi connectivity index (χ4v) is 3.35. The average molecular weight is 327 g/mol. The Labute approximate surface area is 121 Å². The Hall–Kier alpha value is -0.850. The molecule has 19 heavy (non-hydrogen) atoms. The van der Waals surface area contributed by atoms with E-state index in [4.69, 9.17) is 10.5 Å². The van der Waals surface area contributed by atoms with Crippen molar-refractivity contribution in [2.75, 3.05) is 37.3 Å². The highest BCUT2D eigenvalue weighted by atomic mass is 79.9. The SMILES string of the molecule is Nc1cncc(Br)c1NCC1CN2CCCC2CO1. The minimum Gasteiger partial charge on any atom is -0.396 e. The van der Waals surface area contributed by atoms with Crippen molar-refractivity contribution in [3.8, 4) is 0 Å². The van der Waals surface area contributed by atoms with Crippen LogP contribution in [0.25, 0.3) is 0 Å². The maximum Gasteiger partial charge on any atom is 0.0874 e. The van der Waals surface area contributed by atoms with Crippen LogP contribution < -0.4 is 11.1 Å². The van der Waals surface area contributed by atoms with Crippen LogP contribution in [0.1, 0.15) is 12.8 Å². The molecule has 2 atom stereocenters. The van der Waals surface area contributed by atoms with Gasteiger partial charge in [0.2, 0.25) is 0 Å². The average Bonchev–Trinajstić information content (AvgIpc) is 2.85. The molecule has 0 aliphatic carbocycles. The summed E-state index contributed by atoms with van der Waals surface area (Å²) >= 11 is 3.46. The van der Waals surface area contributed by atoms with Crippen LogP contribution in [0.5, 0.6) is 0 Å². The molecule has 2 fully saturated rings. The van der Waals surface area contributed by atoms with Crippen molar-refractivity contribution in [3.05, 3.63) is 16.9 Å². The molecular formula is C13H19BrN4O. The van der Waals surface area contributed by atoms with E-state index in [1.165, 1.54) is 19.4 Å². The molecule has 0 saturated carbocycles. The Morgan fingerprint density at radius 3 is 3.26 bits per heavy atom. The molecule has 2 saturated heterocycles. The van der Waals surface area contributed by atoms with Crippen LogP contribution in [-0.2, 0) is 4.74 Å². The van der Waals surface area contributed by atoms with E-state index in [1.54, 1.807) is 12.4 Å². The van der Waals surface area contributed by atoms with Gasteiger partial charge in [0.05, 0.1) is 34.8 Å². The van der Waals surface area contributed by atoms with E-state index in [0.29, 0.717) is 11.7 Å². The summed E-state index contributed by atoms with van der Waals surface area (Å²) < 4.78 is 6.81. The summed E-state index contributed by atoms with van der Waals surface area (Å²) in [7, 11) is 0. The zero-order valence-electron chi connectivity index (χ0n) is 10.8. The van der Waals surface area contributed by atoms with Crippen molar-refractivity contribution in [1.82, 2.24) is 9.88 Å². The molecule has 3 rings (SSSR count). The molecule has 0 bridgehead atoms. The minimum absolute atomic E-state index is 0.230. The van der Waals surface area contributed by atoms with Gasteiger partial charge in [-0.15, -0.1) is 0 Å². The monoisotopic (exact) mass is 326 g/mol. The first kappa shape index (κ1) is 13.1. The van der Waals surface area contributed by atoms with Crippen molar-refractivity contribution >= 4 is 27.3 Å². The van der Waals surface area contributed by atoms with Gasteiger partial charge in [0.1, 0.15) is 0 Å². The predicted octanol–water partition coefficient (Wildman–Crippen LogP) is 1.70. The second kappa shape index (κ2) is 5.64. The number of morpholine rings is 1. The highest BCUT2D eigenvalue weighted by Gasteiger charge is 2.32. The van der Waals surface area contributed by atoms with E-state index in [1.807, 2.05) is 0 Å². The number of rotatable bonds is 3. The summed E-state index contributed by atoms with van der Waals surface area (Å²) in [6.07, 6.45) is 6.22. The van der Waals surface area contributed by atoms with Gasteiger partial charge in [0.15, 0.2) is 0 Å². The first-order valence-corrected chi connectivity index (χ1v) is 7.52. The molecule has 3 heterocycles. The van der Waals surface area contributed by atoms with Gasteiger partial charge in [0.25, 0.3) is 0 Å². The Morgan fingerprint density at radius 1 is 1.53 bits per heavy atom. The summed E-state index contributed by atoms with van der Waals surface area (Å²) in [4.78, 5) is 6.57. The van der Waals surface area contributed by atoms with Crippen LogP contribution in [0.3, 0.4) is 0 Å². The number of anilines is 2. The van der Waals surface area contributed by atoms with E-state index in [0.717, 1.165) is 29.9 Å². The van der Waals surface area contributed by atoms with Crippen molar-refractivity contribution in [2.45, 2.75) is 25.0 Å². The summed E-state index contributed by atoms with van der Waals surface area (Å²) in [5, 5.41) is 3.37. The molecule has 104 valence electrons. The topological polar surface area (TPSA) is 63.4 Å². The molecule has 2 unspecified atom stereocenters. The number of nitrogens with two attached hydrogens (primary N) is 1. The zero-order chi connectivity index (χ0) is 13.2. The van der Waals surface area contributed by atoms with Gasteiger partial charge >= 0.3 is 0 Å². The second-order valence-corrected chi connectivity index (χ2v) is 6.07. The first-order valence-electron chi connectivity index (χ1n) is 6.72. The predicted molar refractivity (Wildman–Crippen MR) is 79.2 cm³/mol. The van der Waals surface area contributed by atoms with E-state index in [9.17, 15) is 0 Å². The molecule has 0 amide bonds. The lowest BCUT2D eigenvalue weighted by Gasteiger charge is -2.35.